The van der Waals surface area contributed by atoms with Crippen molar-refractivity contribution < 1.29 is 14.5 Å². The maximum absolute atomic E-state index is 12.2. The molecule has 2 rings (SSSR count). The number of rotatable bonds is 5. The summed E-state index contributed by atoms with van der Waals surface area (Å²) in [4.78, 5) is 26.5. The van der Waals surface area contributed by atoms with Crippen molar-refractivity contribution in [2.45, 2.75) is 6.42 Å². The van der Waals surface area contributed by atoms with Crippen LogP contribution in [0, 0.1) is 10.1 Å². The molecular formula is C14H12N2O4. The van der Waals surface area contributed by atoms with Crippen LogP contribution in [0.5, 0.6) is 5.75 Å². The summed E-state index contributed by atoms with van der Waals surface area (Å²) in [6.07, 6.45) is 3.22. The molecule has 0 aliphatic carbocycles. The predicted octanol–water partition coefficient (Wildman–Crippen LogP) is 2.42. The van der Waals surface area contributed by atoms with E-state index in [1.807, 2.05) is 0 Å². The van der Waals surface area contributed by atoms with Gasteiger partial charge in [-0.3, -0.25) is 19.9 Å². The summed E-state index contributed by atoms with van der Waals surface area (Å²) in [5, 5.41) is 11.0. The molecule has 0 saturated carbocycles. The summed E-state index contributed by atoms with van der Waals surface area (Å²) in [6, 6.07) is 7.57. The molecule has 1 aromatic heterocycles. The van der Waals surface area contributed by atoms with Gasteiger partial charge >= 0.3 is 0 Å². The van der Waals surface area contributed by atoms with Gasteiger partial charge in [0.05, 0.1) is 17.6 Å². The molecule has 0 saturated heterocycles. The fourth-order valence-corrected chi connectivity index (χ4v) is 1.81. The van der Waals surface area contributed by atoms with Crippen LogP contribution in [0.3, 0.4) is 0 Å². The Balaban J connectivity index is 2.35. The fraction of sp³-hybridized carbons (Fsp3) is 0.143. The summed E-state index contributed by atoms with van der Waals surface area (Å²) < 4.78 is 5.00. The molecule has 0 aliphatic rings. The van der Waals surface area contributed by atoms with E-state index in [1.54, 1.807) is 24.5 Å². The lowest BCUT2D eigenvalue weighted by Gasteiger charge is -2.05. The highest BCUT2D eigenvalue weighted by atomic mass is 16.6. The zero-order valence-electron chi connectivity index (χ0n) is 10.8. The Kier molecular flexibility index (Phi) is 4.05. The van der Waals surface area contributed by atoms with Crippen LogP contribution in [0.2, 0.25) is 0 Å². The van der Waals surface area contributed by atoms with Gasteiger partial charge in [-0.1, -0.05) is 6.07 Å². The third-order valence-corrected chi connectivity index (χ3v) is 2.79. The summed E-state index contributed by atoms with van der Waals surface area (Å²) in [5.74, 6) is 0.0636. The van der Waals surface area contributed by atoms with Gasteiger partial charge in [-0.15, -0.1) is 0 Å². The molecule has 6 nitrogen and oxygen atoms in total. The van der Waals surface area contributed by atoms with Crippen molar-refractivity contribution in [3.8, 4) is 5.75 Å². The smallest absolute Gasteiger partial charge is 0.280 e. The van der Waals surface area contributed by atoms with Crippen LogP contribution >= 0.6 is 0 Å². The van der Waals surface area contributed by atoms with Gasteiger partial charge < -0.3 is 4.74 Å². The molecule has 1 heterocycles. The molecule has 20 heavy (non-hydrogen) atoms. The minimum atomic E-state index is -0.573. The topological polar surface area (TPSA) is 82.3 Å². The molecule has 0 unspecified atom stereocenters. The first-order chi connectivity index (χ1) is 9.61. The highest BCUT2D eigenvalue weighted by Gasteiger charge is 2.21. The van der Waals surface area contributed by atoms with Crippen LogP contribution in [-0.2, 0) is 6.42 Å². The van der Waals surface area contributed by atoms with E-state index in [0.29, 0.717) is 11.3 Å². The fourth-order valence-electron chi connectivity index (χ4n) is 1.81. The van der Waals surface area contributed by atoms with Crippen LogP contribution in [0.1, 0.15) is 15.9 Å². The number of carbonyl (C=O) groups is 1. The number of nitro benzene ring substituents is 1. The van der Waals surface area contributed by atoms with Crippen molar-refractivity contribution >= 4 is 11.5 Å². The quantitative estimate of drug-likeness (QED) is 0.474. The number of methoxy groups -OCH3 is 1. The van der Waals surface area contributed by atoms with E-state index in [9.17, 15) is 14.9 Å². The lowest BCUT2D eigenvalue weighted by atomic mass is 10.0. The molecule has 1 aromatic carbocycles. The second-order valence-electron chi connectivity index (χ2n) is 4.10. The number of aromatic nitrogens is 1. The molecule has 0 amide bonds. The Bertz CT molecular complexity index is 641. The predicted molar refractivity (Wildman–Crippen MR) is 71.9 cm³/mol. The standard InChI is InChI=1S/C14H12N2O4/c1-20-11-4-5-13(16(18)19)12(8-11)14(17)7-10-3-2-6-15-9-10/h2-6,8-9H,7H2,1H3. The molecule has 2 aromatic rings. The third kappa shape index (κ3) is 2.97. The summed E-state index contributed by atoms with van der Waals surface area (Å²) >= 11 is 0. The molecule has 6 heteroatoms. The van der Waals surface area contributed by atoms with Crippen molar-refractivity contribution in [2.24, 2.45) is 0 Å². The second-order valence-corrected chi connectivity index (χ2v) is 4.10. The minimum absolute atomic E-state index is 0.0400. The Morgan fingerprint density at radius 3 is 2.80 bits per heavy atom. The monoisotopic (exact) mass is 272 g/mol. The van der Waals surface area contributed by atoms with Gasteiger partial charge in [-0.05, 0) is 23.8 Å². The van der Waals surface area contributed by atoms with Crippen LogP contribution in [0.4, 0.5) is 5.69 Å². The summed E-state index contributed by atoms with van der Waals surface area (Å²) in [7, 11) is 1.44. The number of Topliss-reactive ketones (excluding diaryl/α,β-unsaturated/α-hetero) is 1. The van der Waals surface area contributed by atoms with Crippen molar-refractivity contribution in [3.63, 3.8) is 0 Å². The molecule has 0 atom stereocenters. The maximum atomic E-state index is 12.2. The van der Waals surface area contributed by atoms with Crippen LogP contribution in [0.15, 0.2) is 42.7 Å². The zero-order chi connectivity index (χ0) is 14.5. The van der Waals surface area contributed by atoms with E-state index in [-0.39, 0.29) is 23.5 Å². The van der Waals surface area contributed by atoms with Crippen molar-refractivity contribution in [1.29, 1.82) is 0 Å². The lowest BCUT2D eigenvalue weighted by molar-refractivity contribution is -0.385. The Hall–Kier alpha value is -2.76. The van der Waals surface area contributed by atoms with Crippen LogP contribution in [-0.4, -0.2) is 22.8 Å². The van der Waals surface area contributed by atoms with Gasteiger partial charge in [0.25, 0.3) is 5.69 Å². The molecule has 0 aliphatic heterocycles. The first-order valence-corrected chi connectivity index (χ1v) is 5.86. The average molecular weight is 272 g/mol. The number of ether oxygens (including phenoxy) is 1. The van der Waals surface area contributed by atoms with Gasteiger partial charge in [0.1, 0.15) is 5.75 Å². The van der Waals surface area contributed by atoms with Gasteiger partial charge in [0.15, 0.2) is 5.78 Å². The first-order valence-electron chi connectivity index (χ1n) is 5.86. The van der Waals surface area contributed by atoms with E-state index in [1.165, 1.54) is 25.3 Å². The SMILES string of the molecule is COc1ccc([N+](=O)[O-])c(C(=O)Cc2cccnc2)c1. The van der Waals surface area contributed by atoms with E-state index in [0.717, 1.165) is 0 Å². The Morgan fingerprint density at radius 2 is 2.20 bits per heavy atom. The number of hydrogen-bond donors (Lipinski definition) is 0. The number of benzene rings is 1. The van der Waals surface area contributed by atoms with Crippen LogP contribution in [0.25, 0.3) is 0 Å². The number of ketones is 1. The highest BCUT2D eigenvalue weighted by molar-refractivity contribution is 6.01. The van der Waals surface area contributed by atoms with Gasteiger partial charge in [0.2, 0.25) is 0 Å². The molecule has 0 bridgehead atoms. The summed E-state index contributed by atoms with van der Waals surface area (Å²) in [5.41, 5.74) is 0.521. The third-order valence-electron chi connectivity index (χ3n) is 2.79. The maximum Gasteiger partial charge on any atom is 0.280 e. The number of nitro groups is 1. The minimum Gasteiger partial charge on any atom is -0.497 e. The number of nitrogens with zero attached hydrogens (tertiary/aromatic N) is 2. The molecule has 0 N–H and O–H groups in total. The van der Waals surface area contributed by atoms with Gasteiger partial charge in [-0.25, -0.2) is 0 Å². The van der Waals surface area contributed by atoms with Crippen molar-refractivity contribution in [3.05, 3.63) is 64.0 Å². The molecular weight excluding hydrogens is 260 g/mol. The van der Waals surface area contributed by atoms with Gasteiger partial charge in [-0.2, -0.15) is 0 Å². The zero-order valence-corrected chi connectivity index (χ0v) is 10.8. The Morgan fingerprint density at radius 1 is 1.40 bits per heavy atom. The average Bonchev–Trinajstić information content (AvgIpc) is 2.47. The van der Waals surface area contributed by atoms with Crippen molar-refractivity contribution in [1.82, 2.24) is 4.98 Å². The van der Waals surface area contributed by atoms with E-state index >= 15 is 0 Å². The van der Waals surface area contributed by atoms with Crippen LogP contribution < -0.4 is 4.74 Å². The molecule has 102 valence electrons. The molecule has 0 radical (unpaired) electrons. The van der Waals surface area contributed by atoms with E-state index in [4.69, 9.17) is 4.74 Å². The second kappa shape index (κ2) is 5.92. The van der Waals surface area contributed by atoms with E-state index < -0.39 is 4.92 Å². The number of pyridine rings is 1. The number of carbonyl (C=O) groups excluding carboxylic acids is 1. The molecule has 0 spiro atoms. The largest absolute Gasteiger partial charge is 0.497 e. The van der Waals surface area contributed by atoms with E-state index in [2.05, 4.69) is 4.98 Å². The normalized spacial score (nSPS) is 10.1. The first kappa shape index (κ1) is 13.7. The highest BCUT2D eigenvalue weighted by Crippen LogP contribution is 2.25. The van der Waals surface area contributed by atoms with Gasteiger partial charge in [0, 0.05) is 24.9 Å². The van der Waals surface area contributed by atoms with Crippen molar-refractivity contribution in [2.75, 3.05) is 7.11 Å². The molecule has 0 fully saturated rings. The lowest BCUT2D eigenvalue weighted by Crippen LogP contribution is -2.07. The summed E-state index contributed by atoms with van der Waals surface area (Å²) in [6.45, 7) is 0. The Labute approximate surface area is 115 Å². The number of hydrogen-bond acceptors (Lipinski definition) is 5.